The number of amides is 1. The first-order valence-corrected chi connectivity index (χ1v) is 7.43. The van der Waals surface area contributed by atoms with Gasteiger partial charge >= 0.3 is 6.09 Å². The van der Waals surface area contributed by atoms with Gasteiger partial charge in [0.25, 0.3) is 0 Å². The monoisotopic (exact) mass is 292 g/mol. The lowest BCUT2D eigenvalue weighted by atomic mass is 10.1. The quantitative estimate of drug-likeness (QED) is 0.864. The number of nitrogens with one attached hydrogen (secondary N) is 2. The normalized spacial score (nSPS) is 19.4. The van der Waals surface area contributed by atoms with Gasteiger partial charge in [0.15, 0.2) is 0 Å². The zero-order chi connectivity index (χ0) is 15.2. The molecule has 1 aliphatic rings. The van der Waals surface area contributed by atoms with Crippen molar-refractivity contribution in [2.45, 2.75) is 32.4 Å². The minimum absolute atomic E-state index is 0.113. The molecule has 0 bridgehead atoms. The lowest BCUT2D eigenvalue weighted by molar-refractivity contribution is 0.167. The summed E-state index contributed by atoms with van der Waals surface area (Å²) in [5, 5.41) is 6.28. The molecule has 1 aromatic rings. The summed E-state index contributed by atoms with van der Waals surface area (Å²) in [7, 11) is 1.39. The van der Waals surface area contributed by atoms with Crippen LogP contribution in [-0.4, -0.2) is 43.9 Å². The van der Waals surface area contributed by atoms with Crippen molar-refractivity contribution in [2.75, 3.05) is 31.6 Å². The van der Waals surface area contributed by atoms with E-state index in [9.17, 15) is 4.79 Å². The Balaban J connectivity index is 2.07. The van der Waals surface area contributed by atoms with E-state index in [1.54, 1.807) is 0 Å². The van der Waals surface area contributed by atoms with Gasteiger partial charge in [-0.3, -0.25) is 0 Å². The Bertz CT molecular complexity index is 480. The molecule has 2 N–H and O–H groups in total. The number of pyridine rings is 1. The Morgan fingerprint density at radius 2 is 2.43 bits per heavy atom. The van der Waals surface area contributed by atoms with Crippen LogP contribution >= 0.6 is 0 Å². The maximum Gasteiger partial charge on any atom is 0.407 e. The van der Waals surface area contributed by atoms with Crippen LogP contribution in [0.1, 0.15) is 31.9 Å². The van der Waals surface area contributed by atoms with Gasteiger partial charge in [-0.15, -0.1) is 0 Å². The smallest absolute Gasteiger partial charge is 0.407 e. The molecule has 0 aliphatic carbocycles. The summed E-state index contributed by atoms with van der Waals surface area (Å²) in [6.45, 7) is 6.81. The van der Waals surface area contributed by atoms with Crippen molar-refractivity contribution >= 4 is 11.9 Å². The molecule has 0 radical (unpaired) electrons. The zero-order valence-electron chi connectivity index (χ0n) is 12.9. The Labute approximate surface area is 125 Å². The largest absolute Gasteiger partial charge is 0.453 e. The standard InChI is InChI=1S/C15H24N4O2/c1-4-16-11(2)13-6-5-8-17-14(13)19-9-7-12(10-19)18-15(20)21-3/h5-6,8,11-12,16H,4,7,9-10H2,1-3H3,(H,18,20). The number of carbonyl (C=O) groups excluding carboxylic acids is 1. The highest BCUT2D eigenvalue weighted by molar-refractivity contribution is 5.67. The van der Waals surface area contributed by atoms with E-state index in [0.29, 0.717) is 0 Å². The predicted molar refractivity (Wildman–Crippen MR) is 82.5 cm³/mol. The summed E-state index contributed by atoms with van der Waals surface area (Å²) in [4.78, 5) is 18.1. The van der Waals surface area contributed by atoms with Gasteiger partial charge in [-0.2, -0.15) is 0 Å². The van der Waals surface area contributed by atoms with Crippen molar-refractivity contribution in [1.29, 1.82) is 0 Å². The molecule has 2 heterocycles. The van der Waals surface area contributed by atoms with Crippen LogP contribution in [0.2, 0.25) is 0 Å². The van der Waals surface area contributed by atoms with Crippen molar-refractivity contribution in [3.05, 3.63) is 23.9 Å². The second-order valence-electron chi connectivity index (χ2n) is 5.26. The van der Waals surface area contributed by atoms with Crippen LogP contribution in [0.25, 0.3) is 0 Å². The van der Waals surface area contributed by atoms with Gasteiger partial charge < -0.3 is 20.3 Å². The number of anilines is 1. The molecule has 0 saturated carbocycles. The maximum atomic E-state index is 11.3. The summed E-state index contributed by atoms with van der Waals surface area (Å²) >= 11 is 0. The fourth-order valence-electron chi connectivity index (χ4n) is 2.72. The number of carbonyl (C=O) groups is 1. The first-order valence-electron chi connectivity index (χ1n) is 7.43. The highest BCUT2D eigenvalue weighted by Crippen LogP contribution is 2.26. The second-order valence-corrected chi connectivity index (χ2v) is 5.26. The zero-order valence-corrected chi connectivity index (χ0v) is 12.9. The van der Waals surface area contributed by atoms with Crippen molar-refractivity contribution in [1.82, 2.24) is 15.6 Å². The van der Waals surface area contributed by atoms with E-state index in [1.165, 1.54) is 12.7 Å². The van der Waals surface area contributed by atoms with Crippen molar-refractivity contribution < 1.29 is 9.53 Å². The molecule has 1 saturated heterocycles. The van der Waals surface area contributed by atoms with Gasteiger partial charge in [-0.05, 0) is 26.0 Å². The molecule has 1 aliphatic heterocycles. The number of alkyl carbamates (subject to hydrolysis) is 1. The van der Waals surface area contributed by atoms with Gasteiger partial charge in [-0.1, -0.05) is 13.0 Å². The highest BCUT2D eigenvalue weighted by Gasteiger charge is 2.27. The van der Waals surface area contributed by atoms with Gasteiger partial charge in [0, 0.05) is 30.9 Å². The van der Waals surface area contributed by atoms with Gasteiger partial charge in [0.05, 0.1) is 13.2 Å². The van der Waals surface area contributed by atoms with E-state index < -0.39 is 0 Å². The van der Waals surface area contributed by atoms with Gasteiger partial charge in [-0.25, -0.2) is 9.78 Å². The molecule has 116 valence electrons. The Morgan fingerprint density at radius 3 is 3.14 bits per heavy atom. The molecule has 21 heavy (non-hydrogen) atoms. The van der Waals surface area contributed by atoms with E-state index in [-0.39, 0.29) is 18.2 Å². The van der Waals surface area contributed by atoms with Crippen LogP contribution in [-0.2, 0) is 4.74 Å². The van der Waals surface area contributed by atoms with Gasteiger partial charge in [0.2, 0.25) is 0 Å². The van der Waals surface area contributed by atoms with Crippen LogP contribution < -0.4 is 15.5 Å². The minimum atomic E-state index is -0.371. The summed E-state index contributed by atoms with van der Waals surface area (Å²) in [6.07, 6.45) is 2.35. The summed E-state index contributed by atoms with van der Waals surface area (Å²) < 4.78 is 4.65. The summed E-state index contributed by atoms with van der Waals surface area (Å²) in [5.41, 5.74) is 1.19. The molecule has 0 spiro atoms. The Hall–Kier alpha value is -1.82. The van der Waals surface area contributed by atoms with E-state index in [0.717, 1.165) is 31.9 Å². The molecular formula is C15H24N4O2. The van der Waals surface area contributed by atoms with Crippen LogP contribution in [0.5, 0.6) is 0 Å². The third kappa shape index (κ3) is 3.85. The van der Waals surface area contributed by atoms with Crippen LogP contribution in [0.3, 0.4) is 0 Å². The number of rotatable bonds is 5. The first-order chi connectivity index (χ1) is 10.2. The number of hydrogen-bond donors (Lipinski definition) is 2. The molecular weight excluding hydrogens is 268 g/mol. The fourth-order valence-corrected chi connectivity index (χ4v) is 2.72. The molecule has 0 aromatic carbocycles. The average molecular weight is 292 g/mol. The van der Waals surface area contributed by atoms with Crippen molar-refractivity contribution in [2.24, 2.45) is 0 Å². The Kier molecular flexibility index (Phi) is 5.38. The summed E-state index contributed by atoms with van der Waals surface area (Å²) in [6, 6.07) is 4.44. The van der Waals surface area contributed by atoms with Crippen LogP contribution in [0.4, 0.5) is 10.6 Å². The summed E-state index contributed by atoms with van der Waals surface area (Å²) in [5.74, 6) is 1.00. The molecule has 2 atom stereocenters. The topological polar surface area (TPSA) is 66.5 Å². The van der Waals surface area contributed by atoms with Crippen molar-refractivity contribution in [3.63, 3.8) is 0 Å². The fraction of sp³-hybridized carbons (Fsp3) is 0.600. The van der Waals surface area contributed by atoms with E-state index in [2.05, 4.69) is 45.2 Å². The van der Waals surface area contributed by atoms with E-state index >= 15 is 0 Å². The lowest BCUT2D eigenvalue weighted by Gasteiger charge is -2.24. The highest BCUT2D eigenvalue weighted by atomic mass is 16.5. The average Bonchev–Trinajstić information content (AvgIpc) is 2.95. The van der Waals surface area contributed by atoms with E-state index in [4.69, 9.17) is 0 Å². The first kappa shape index (κ1) is 15.6. The number of hydrogen-bond acceptors (Lipinski definition) is 5. The van der Waals surface area contributed by atoms with Crippen LogP contribution in [0.15, 0.2) is 18.3 Å². The molecule has 1 amide bonds. The third-order valence-electron chi connectivity index (χ3n) is 3.79. The molecule has 1 fully saturated rings. The molecule has 1 aromatic heterocycles. The molecule has 2 rings (SSSR count). The molecule has 6 nitrogen and oxygen atoms in total. The molecule has 6 heteroatoms. The van der Waals surface area contributed by atoms with Crippen LogP contribution in [0, 0.1) is 0 Å². The minimum Gasteiger partial charge on any atom is -0.453 e. The van der Waals surface area contributed by atoms with Crippen molar-refractivity contribution in [3.8, 4) is 0 Å². The van der Waals surface area contributed by atoms with E-state index in [1.807, 2.05) is 12.3 Å². The Morgan fingerprint density at radius 1 is 1.62 bits per heavy atom. The number of nitrogens with zero attached hydrogens (tertiary/aromatic N) is 2. The predicted octanol–water partition coefficient (Wildman–Crippen LogP) is 1.69. The number of aromatic nitrogens is 1. The lowest BCUT2D eigenvalue weighted by Crippen LogP contribution is -2.37. The van der Waals surface area contributed by atoms with Gasteiger partial charge in [0.1, 0.15) is 5.82 Å². The number of ether oxygens (including phenoxy) is 1. The number of methoxy groups -OCH3 is 1. The SMILES string of the molecule is CCNC(C)c1cccnc1N1CCC(NC(=O)OC)C1. The molecule has 2 unspecified atom stereocenters. The third-order valence-corrected chi connectivity index (χ3v) is 3.79. The second kappa shape index (κ2) is 7.26. The maximum absolute atomic E-state index is 11.3.